The highest BCUT2D eigenvalue weighted by atomic mass is 16.6. The van der Waals surface area contributed by atoms with Crippen molar-refractivity contribution in [3.8, 4) is 0 Å². The third-order valence-corrected chi connectivity index (χ3v) is 5.87. The van der Waals surface area contributed by atoms with Crippen LogP contribution in [-0.2, 0) is 27.5 Å². The molecule has 2 aromatic heterocycles. The zero-order valence-corrected chi connectivity index (χ0v) is 20.5. The summed E-state index contributed by atoms with van der Waals surface area (Å²) in [4.78, 5) is 26.5. The van der Waals surface area contributed by atoms with Crippen molar-refractivity contribution in [1.82, 2.24) is 24.8 Å². The minimum Gasteiger partial charge on any atom is -0.444 e. The largest absolute Gasteiger partial charge is 0.444 e. The van der Waals surface area contributed by atoms with Crippen LogP contribution in [0.3, 0.4) is 0 Å². The van der Waals surface area contributed by atoms with Crippen molar-refractivity contribution in [3.63, 3.8) is 0 Å². The second-order valence-electron chi connectivity index (χ2n) is 9.52. The average molecular weight is 497 g/mol. The van der Waals surface area contributed by atoms with E-state index in [2.05, 4.69) is 15.5 Å². The van der Waals surface area contributed by atoms with Gasteiger partial charge in [-0.1, -0.05) is 36.4 Å². The lowest BCUT2D eigenvalue weighted by atomic mass is 10.1. The molecular formula is C25H32N6O5. The summed E-state index contributed by atoms with van der Waals surface area (Å²) in [5.41, 5.74) is 7.19. The molecular weight excluding hydrogens is 464 g/mol. The molecule has 2 atom stereocenters. The summed E-state index contributed by atoms with van der Waals surface area (Å²) >= 11 is 0. The fraction of sp³-hybridized carbons (Fsp3) is 0.440. The van der Waals surface area contributed by atoms with Crippen LogP contribution in [-0.4, -0.2) is 67.9 Å². The Morgan fingerprint density at radius 1 is 1.17 bits per heavy atom. The van der Waals surface area contributed by atoms with E-state index in [4.69, 9.17) is 15.2 Å². The quantitative estimate of drug-likeness (QED) is 0.405. The summed E-state index contributed by atoms with van der Waals surface area (Å²) in [5.74, 6) is 0.108. The van der Waals surface area contributed by atoms with E-state index in [9.17, 15) is 14.7 Å². The molecule has 1 aliphatic heterocycles. The van der Waals surface area contributed by atoms with Crippen molar-refractivity contribution in [3.05, 3.63) is 65.6 Å². The number of amides is 2. The number of hydrogen-bond donors (Lipinski definition) is 3. The molecule has 2 amide bonds. The van der Waals surface area contributed by atoms with Gasteiger partial charge in [0.15, 0.2) is 11.5 Å². The molecule has 192 valence electrons. The number of ether oxygens (including phenoxy) is 2. The molecule has 0 saturated carbocycles. The molecule has 0 aliphatic carbocycles. The number of pyridine rings is 1. The van der Waals surface area contributed by atoms with Crippen LogP contribution in [0, 0.1) is 0 Å². The monoisotopic (exact) mass is 496 g/mol. The van der Waals surface area contributed by atoms with Gasteiger partial charge in [-0.3, -0.25) is 9.20 Å². The van der Waals surface area contributed by atoms with Gasteiger partial charge in [-0.25, -0.2) is 4.79 Å². The minimum atomic E-state index is -1.10. The Morgan fingerprint density at radius 2 is 1.94 bits per heavy atom. The molecule has 3 aromatic rings. The summed E-state index contributed by atoms with van der Waals surface area (Å²) < 4.78 is 13.1. The van der Waals surface area contributed by atoms with E-state index in [0.29, 0.717) is 36.6 Å². The number of aromatic nitrogens is 3. The van der Waals surface area contributed by atoms with Gasteiger partial charge in [-0.05, 0) is 31.9 Å². The highest BCUT2D eigenvalue weighted by Crippen LogP contribution is 2.18. The van der Waals surface area contributed by atoms with Gasteiger partial charge < -0.3 is 30.5 Å². The van der Waals surface area contributed by atoms with E-state index in [1.165, 1.54) is 4.90 Å². The molecule has 4 rings (SSSR count). The first-order valence-electron chi connectivity index (χ1n) is 11.9. The van der Waals surface area contributed by atoms with Gasteiger partial charge in [-0.15, -0.1) is 10.2 Å². The number of aliphatic hydroxyl groups is 1. The molecule has 1 aliphatic rings. The Balaban J connectivity index is 1.50. The number of carbonyl (C=O) groups is 2. The number of nitrogens with zero attached hydrogens (tertiary/aromatic N) is 4. The van der Waals surface area contributed by atoms with Gasteiger partial charge in [0.05, 0.1) is 24.9 Å². The van der Waals surface area contributed by atoms with E-state index in [1.807, 2.05) is 30.3 Å². The second-order valence-corrected chi connectivity index (χ2v) is 9.52. The van der Waals surface area contributed by atoms with E-state index in [1.54, 1.807) is 36.6 Å². The van der Waals surface area contributed by atoms with Crippen molar-refractivity contribution in [2.45, 2.75) is 51.2 Å². The van der Waals surface area contributed by atoms with Crippen molar-refractivity contribution in [2.75, 3.05) is 19.7 Å². The number of aliphatic hydroxyl groups excluding tert-OH is 1. The molecule has 1 saturated heterocycles. The van der Waals surface area contributed by atoms with Crippen molar-refractivity contribution in [2.24, 2.45) is 5.73 Å². The van der Waals surface area contributed by atoms with E-state index < -0.39 is 23.8 Å². The number of rotatable bonds is 9. The maximum Gasteiger partial charge on any atom is 0.410 e. The molecule has 11 heteroatoms. The van der Waals surface area contributed by atoms with E-state index in [0.717, 1.165) is 5.56 Å². The van der Waals surface area contributed by atoms with E-state index in [-0.39, 0.29) is 25.7 Å². The zero-order chi connectivity index (χ0) is 25.7. The number of fused-ring (bicyclic) bond motifs is 1. The SMILES string of the molecule is CC(C)(N)C(=O)N[C@H](COCc1ccccc1)c1nnc2ccc(COC(=O)N3CC[C@@H](O)C3)cn12. The number of carbonyl (C=O) groups excluding carboxylic acids is 2. The Labute approximate surface area is 209 Å². The summed E-state index contributed by atoms with van der Waals surface area (Å²) in [7, 11) is 0. The fourth-order valence-corrected chi connectivity index (χ4v) is 3.81. The Morgan fingerprint density at radius 3 is 2.64 bits per heavy atom. The second kappa shape index (κ2) is 11.0. The van der Waals surface area contributed by atoms with Gasteiger partial charge in [-0.2, -0.15) is 0 Å². The van der Waals surface area contributed by atoms with Gasteiger partial charge in [0.25, 0.3) is 0 Å². The Kier molecular flexibility index (Phi) is 7.82. The number of hydrogen-bond acceptors (Lipinski definition) is 8. The number of likely N-dealkylation sites (tertiary alicyclic amines) is 1. The smallest absolute Gasteiger partial charge is 0.410 e. The van der Waals surface area contributed by atoms with Gasteiger partial charge in [0.2, 0.25) is 5.91 Å². The van der Waals surface area contributed by atoms with Gasteiger partial charge >= 0.3 is 6.09 Å². The first kappa shape index (κ1) is 25.5. The molecule has 11 nitrogen and oxygen atoms in total. The van der Waals surface area contributed by atoms with Crippen molar-refractivity contribution >= 4 is 17.6 Å². The van der Waals surface area contributed by atoms with Crippen LogP contribution in [0.4, 0.5) is 4.79 Å². The summed E-state index contributed by atoms with van der Waals surface area (Å²) in [6.07, 6.45) is 1.33. The van der Waals surface area contributed by atoms with Crippen LogP contribution >= 0.6 is 0 Å². The Hall–Kier alpha value is -3.54. The number of benzene rings is 1. The molecule has 4 N–H and O–H groups in total. The molecule has 36 heavy (non-hydrogen) atoms. The normalized spacial score (nSPS) is 16.8. The standard InChI is InChI=1S/C25H32N6O5/c1-25(2,26)23(33)27-20(16-35-14-17-6-4-3-5-7-17)22-29-28-21-9-8-18(12-31(21)22)15-36-24(34)30-11-10-19(32)13-30/h3-9,12,19-20,32H,10-11,13-16,26H2,1-2H3,(H,27,33)/t19-,20-/m1/s1. The summed E-state index contributed by atoms with van der Waals surface area (Å²) in [6, 6.07) is 12.6. The zero-order valence-electron chi connectivity index (χ0n) is 20.5. The minimum absolute atomic E-state index is 0.0380. The van der Waals surface area contributed by atoms with Gasteiger partial charge in [0.1, 0.15) is 12.6 Å². The van der Waals surface area contributed by atoms with Crippen LogP contribution < -0.4 is 11.1 Å². The molecule has 0 unspecified atom stereocenters. The average Bonchev–Trinajstić information content (AvgIpc) is 3.48. The molecule has 3 heterocycles. The third kappa shape index (κ3) is 6.36. The lowest BCUT2D eigenvalue weighted by Crippen LogP contribution is -2.50. The fourth-order valence-electron chi connectivity index (χ4n) is 3.81. The van der Waals surface area contributed by atoms with Crippen LogP contribution in [0.15, 0.2) is 48.7 Å². The summed E-state index contributed by atoms with van der Waals surface area (Å²) in [6.45, 7) is 4.54. The van der Waals surface area contributed by atoms with Crippen molar-refractivity contribution in [1.29, 1.82) is 0 Å². The maximum absolute atomic E-state index is 12.7. The van der Waals surface area contributed by atoms with Crippen LogP contribution in [0.25, 0.3) is 5.65 Å². The van der Waals surface area contributed by atoms with E-state index >= 15 is 0 Å². The lowest BCUT2D eigenvalue weighted by Gasteiger charge is -2.23. The molecule has 1 fully saturated rings. The van der Waals surface area contributed by atoms with Crippen LogP contribution in [0.5, 0.6) is 0 Å². The van der Waals surface area contributed by atoms with Crippen LogP contribution in [0.1, 0.15) is 43.3 Å². The predicted octanol–water partition coefficient (Wildman–Crippen LogP) is 1.54. The highest BCUT2D eigenvalue weighted by Gasteiger charge is 2.28. The predicted molar refractivity (Wildman–Crippen MR) is 131 cm³/mol. The first-order chi connectivity index (χ1) is 17.2. The van der Waals surface area contributed by atoms with Crippen LogP contribution in [0.2, 0.25) is 0 Å². The number of nitrogens with two attached hydrogens (primary N) is 1. The first-order valence-corrected chi connectivity index (χ1v) is 11.9. The van der Waals surface area contributed by atoms with Crippen molar-refractivity contribution < 1.29 is 24.2 Å². The molecule has 0 bridgehead atoms. The summed E-state index contributed by atoms with van der Waals surface area (Å²) in [5, 5.41) is 21.1. The Bertz CT molecular complexity index is 1190. The number of nitrogens with one attached hydrogen (secondary N) is 1. The number of β-amino-alcohol motifs (C(OH)–C–C–N with tert-alkyl or cyclic N) is 1. The molecule has 0 radical (unpaired) electrons. The highest BCUT2D eigenvalue weighted by molar-refractivity contribution is 5.85. The topological polar surface area (TPSA) is 144 Å². The lowest BCUT2D eigenvalue weighted by molar-refractivity contribution is -0.126. The van der Waals surface area contributed by atoms with Gasteiger partial charge in [0, 0.05) is 24.8 Å². The molecule has 0 spiro atoms. The molecule has 1 aromatic carbocycles. The maximum atomic E-state index is 12.7. The third-order valence-electron chi connectivity index (χ3n) is 5.87.